The Bertz CT molecular complexity index is 594. The Morgan fingerprint density at radius 2 is 1.68 bits per heavy atom. The number of likely N-dealkylation sites (tertiary alicyclic amines) is 2. The van der Waals surface area contributed by atoms with E-state index in [1.807, 2.05) is 0 Å². The number of hydrogen-bond donors (Lipinski definition) is 0. The van der Waals surface area contributed by atoms with Crippen molar-refractivity contribution in [2.75, 3.05) is 26.2 Å². The van der Waals surface area contributed by atoms with E-state index in [0.717, 1.165) is 6.42 Å². The van der Waals surface area contributed by atoms with Crippen molar-refractivity contribution in [3.05, 3.63) is 35.9 Å². The highest BCUT2D eigenvalue weighted by molar-refractivity contribution is 5.28. The van der Waals surface area contributed by atoms with Crippen LogP contribution in [0.1, 0.15) is 89.2 Å². The van der Waals surface area contributed by atoms with E-state index in [-0.39, 0.29) is 6.04 Å². The van der Waals surface area contributed by atoms with Crippen molar-refractivity contribution in [3.63, 3.8) is 0 Å². The maximum atomic E-state index is 3.69. The van der Waals surface area contributed by atoms with Crippen LogP contribution >= 0.6 is 0 Å². The molecule has 0 N–H and O–H groups in total. The van der Waals surface area contributed by atoms with Crippen molar-refractivity contribution < 1.29 is 0 Å². The van der Waals surface area contributed by atoms with Crippen molar-refractivity contribution >= 4 is 0 Å². The molecule has 1 aromatic carbocycles. The third-order valence-corrected chi connectivity index (χ3v) is 6.43. The monoisotopic (exact) mass is 380 g/mol. The minimum atomic E-state index is 0.274. The zero-order valence-electron chi connectivity index (χ0n) is 18.0. The summed E-state index contributed by atoms with van der Waals surface area (Å²) in [6, 6.07) is 12.0. The highest BCUT2D eigenvalue weighted by atomic mass is 15.3. The molecule has 2 heteroatoms. The molecule has 154 valence electrons. The molecule has 2 saturated heterocycles. The van der Waals surface area contributed by atoms with Crippen LogP contribution in [0.25, 0.3) is 0 Å². The number of hydrogen-bond acceptors (Lipinski definition) is 2. The topological polar surface area (TPSA) is 6.48 Å². The number of unbranched alkanes of at least 4 members (excludes halogenated alkanes) is 6. The van der Waals surface area contributed by atoms with E-state index in [4.69, 9.17) is 0 Å². The Morgan fingerprint density at radius 3 is 2.46 bits per heavy atom. The lowest BCUT2D eigenvalue weighted by atomic mass is 10.0. The molecule has 0 aliphatic carbocycles. The van der Waals surface area contributed by atoms with Gasteiger partial charge in [0.2, 0.25) is 0 Å². The smallest absolute Gasteiger partial charge is 0.0973 e. The summed E-state index contributed by atoms with van der Waals surface area (Å²) >= 11 is 0. The molecule has 0 saturated carbocycles. The maximum Gasteiger partial charge on any atom is 0.0973 e. The first-order chi connectivity index (χ1) is 13.9. The van der Waals surface area contributed by atoms with Crippen molar-refractivity contribution in [2.45, 2.75) is 89.6 Å². The molecular formula is C26H40N2. The molecule has 1 aromatic rings. The summed E-state index contributed by atoms with van der Waals surface area (Å²) in [4.78, 5) is 5.39. The molecule has 2 fully saturated rings. The Morgan fingerprint density at radius 1 is 0.929 bits per heavy atom. The van der Waals surface area contributed by atoms with Crippen LogP contribution in [0.15, 0.2) is 30.3 Å². The van der Waals surface area contributed by atoms with Gasteiger partial charge in [0.15, 0.2) is 0 Å². The molecule has 2 aliphatic rings. The van der Waals surface area contributed by atoms with Crippen LogP contribution < -0.4 is 0 Å². The minimum absolute atomic E-state index is 0.274. The lowest BCUT2D eigenvalue weighted by Gasteiger charge is -2.32. The molecule has 0 amide bonds. The van der Waals surface area contributed by atoms with Crippen molar-refractivity contribution in [1.82, 2.24) is 9.80 Å². The second-order valence-corrected chi connectivity index (χ2v) is 8.69. The van der Waals surface area contributed by atoms with Crippen LogP contribution in [-0.2, 0) is 0 Å². The molecule has 2 nitrogen and oxygen atoms in total. The Balaban J connectivity index is 1.58. The van der Waals surface area contributed by atoms with Gasteiger partial charge in [-0.2, -0.15) is 0 Å². The van der Waals surface area contributed by atoms with Gasteiger partial charge in [0.1, 0.15) is 0 Å². The predicted molar refractivity (Wildman–Crippen MR) is 120 cm³/mol. The minimum Gasteiger partial charge on any atom is -0.302 e. The number of benzene rings is 1. The van der Waals surface area contributed by atoms with Crippen molar-refractivity contribution in [2.24, 2.45) is 0 Å². The molecule has 2 heterocycles. The number of rotatable bonds is 10. The quantitative estimate of drug-likeness (QED) is 0.360. The van der Waals surface area contributed by atoms with Gasteiger partial charge in [-0.1, -0.05) is 75.3 Å². The molecule has 3 rings (SSSR count). The van der Waals surface area contributed by atoms with Gasteiger partial charge < -0.3 is 4.90 Å². The fourth-order valence-electron chi connectivity index (χ4n) is 4.81. The Kier molecular flexibility index (Phi) is 9.41. The Hall–Kier alpha value is -1.30. The molecule has 28 heavy (non-hydrogen) atoms. The first-order valence-electron chi connectivity index (χ1n) is 11.9. The van der Waals surface area contributed by atoms with Gasteiger partial charge in [-0.05, 0) is 50.8 Å². The average Bonchev–Trinajstić information content (AvgIpc) is 3.40. The van der Waals surface area contributed by atoms with Crippen LogP contribution in [0.2, 0.25) is 0 Å². The number of nitrogens with zero attached hydrogens (tertiary/aromatic N) is 2. The third kappa shape index (κ3) is 6.64. The highest BCUT2D eigenvalue weighted by Gasteiger charge is 2.32. The second kappa shape index (κ2) is 12.3. The van der Waals surface area contributed by atoms with Gasteiger partial charge in [-0.25, -0.2) is 0 Å². The summed E-state index contributed by atoms with van der Waals surface area (Å²) in [5, 5.41) is 0. The predicted octanol–water partition coefficient (Wildman–Crippen LogP) is 6.04. The van der Waals surface area contributed by atoms with E-state index in [2.05, 4.69) is 58.9 Å². The molecule has 0 radical (unpaired) electrons. The van der Waals surface area contributed by atoms with E-state index in [0.29, 0.717) is 6.04 Å². The Labute approximate surface area is 173 Å². The fraction of sp³-hybridized carbons (Fsp3) is 0.692. The fourth-order valence-corrected chi connectivity index (χ4v) is 4.81. The lowest BCUT2D eigenvalue weighted by molar-refractivity contribution is 0.168. The van der Waals surface area contributed by atoms with Crippen LogP contribution in [0, 0.1) is 11.8 Å². The molecule has 0 spiro atoms. The summed E-state index contributed by atoms with van der Waals surface area (Å²) in [6.45, 7) is 7.31. The maximum absolute atomic E-state index is 3.69. The highest BCUT2D eigenvalue weighted by Crippen LogP contribution is 2.30. The van der Waals surface area contributed by atoms with Crippen LogP contribution in [-0.4, -0.2) is 42.0 Å². The second-order valence-electron chi connectivity index (χ2n) is 8.69. The summed E-state index contributed by atoms with van der Waals surface area (Å²) in [6.07, 6.45) is 14.5. The van der Waals surface area contributed by atoms with Gasteiger partial charge in [-0.15, -0.1) is 5.92 Å². The molecule has 0 bridgehead atoms. The first-order valence-corrected chi connectivity index (χ1v) is 11.9. The summed E-state index contributed by atoms with van der Waals surface area (Å²) in [5.74, 6) is 7.25. The molecule has 2 aliphatic heterocycles. The van der Waals surface area contributed by atoms with E-state index in [1.165, 1.54) is 96.0 Å². The van der Waals surface area contributed by atoms with Crippen molar-refractivity contribution in [1.29, 1.82) is 0 Å². The molecule has 2 unspecified atom stereocenters. The molecular weight excluding hydrogens is 340 g/mol. The van der Waals surface area contributed by atoms with E-state index < -0.39 is 0 Å². The normalized spacial score (nSPS) is 21.5. The zero-order chi connectivity index (χ0) is 19.4. The van der Waals surface area contributed by atoms with E-state index >= 15 is 0 Å². The SMILES string of the molecule is CCCCCCCCC#CC(c1ccccc1)N1CCCC1CN1CCCC1. The summed E-state index contributed by atoms with van der Waals surface area (Å²) < 4.78 is 0. The van der Waals surface area contributed by atoms with Gasteiger partial charge in [0.25, 0.3) is 0 Å². The molecule has 2 atom stereocenters. The van der Waals surface area contributed by atoms with Gasteiger partial charge >= 0.3 is 0 Å². The van der Waals surface area contributed by atoms with E-state index in [1.54, 1.807) is 0 Å². The standard InChI is InChI=1S/C26H40N2/c1-2-3-4-5-6-7-8-12-19-26(24-16-10-9-11-17-24)28-22-15-18-25(28)23-27-20-13-14-21-27/h9-11,16-17,25-26H,2-8,13-15,18,20-23H2,1H3. The van der Waals surface area contributed by atoms with Crippen LogP contribution in [0.5, 0.6) is 0 Å². The zero-order valence-corrected chi connectivity index (χ0v) is 18.0. The van der Waals surface area contributed by atoms with Gasteiger partial charge in [0.05, 0.1) is 6.04 Å². The summed E-state index contributed by atoms with van der Waals surface area (Å²) in [5.41, 5.74) is 1.38. The van der Waals surface area contributed by atoms with Gasteiger partial charge in [-0.3, -0.25) is 4.90 Å². The van der Waals surface area contributed by atoms with E-state index in [9.17, 15) is 0 Å². The first kappa shape index (κ1) is 21.4. The lowest BCUT2D eigenvalue weighted by Crippen LogP contribution is -2.41. The van der Waals surface area contributed by atoms with Crippen LogP contribution in [0.4, 0.5) is 0 Å². The summed E-state index contributed by atoms with van der Waals surface area (Å²) in [7, 11) is 0. The van der Waals surface area contributed by atoms with Gasteiger partial charge in [0, 0.05) is 25.6 Å². The van der Waals surface area contributed by atoms with Crippen LogP contribution in [0.3, 0.4) is 0 Å². The third-order valence-electron chi connectivity index (χ3n) is 6.43. The largest absolute Gasteiger partial charge is 0.302 e. The average molecular weight is 381 g/mol. The van der Waals surface area contributed by atoms with Crippen molar-refractivity contribution in [3.8, 4) is 11.8 Å². The molecule has 0 aromatic heterocycles.